The van der Waals surface area contributed by atoms with Gasteiger partial charge in [0.05, 0.1) is 24.1 Å². The van der Waals surface area contributed by atoms with Crippen molar-refractivity contribution in [3.05, 3.63) is 57.9 Å². The van der Waals surface area contributed by atoms with E-state index in [1.54, 1.807) is 33.0 Å². The summed E-state index contributed by atoms with van der Waals surface area (Å²) in [5.74, 6) is -1.47. The maximum absolute atomic E-state index is 14.1. The molecule has 0 spiro atoms. The van der Waals surface area contributed by atoms with E-state index in [0.29, 0.717) is 30.2 Å². The van der Waals surface area contributed by atoms with Crippen LogP contribution in [0.25, 0.3) is 16.8 Å². The van der Waals surface area contributed by atoms with Crippen molar-refractivity contribution in [2.75, 3.05) is 26.2 Å². The van der Waals surface area contributed by atoms with Crippen molar-refractivity contribution in [2.45, 2.75) is 66.2 Å². The molecule has 2 heterocycles. The third kappa shape index (κ3) is 7.20. The van der Waals surface area contributed by atoms with Crippen molar-refractivity contribution >= 4 is 11.4 Å². The van der Waals surface area contributed by atoms with Crippen molar-refractivity contribution < 1.29 is 27.1 Å². The standard InChI is InChI=1S/C28H36F4N4O3/c1-6-11-34(7-2)12-8-13-39-21-15-24-27(38)36(17-25(37)33-18(3)4)26(19(5)35(24)16-21)20-9-10-23(29)22(14-20)28(30,31)32/h9-10,14-16,18H,6-8,11-13,17H2,1-5H3,(H,33,37). The fraction of sp³-hybridized carbons (Fsp3) is 0.500. The number of nitrogens with one attached hydrogen (secondary N) is 1. The fourth-order valence-electron chi connectivity index (χ4n) is 4.65. The number of rotatable bonds is 12. The van der Waals surface area contributed by atoms with Crippen molar-refractivity contribution in [1.29, 1.82) is 0 Å². The van der Waals surface area contributed by atoms with Crippen LogP contribution in [0.4, 0.5) is 17.6 Å². The number of halogens is 4. The summed E-state index contributed by atoms with van der Waals surface area (Å²) in [4.78, 5) is 28.6. The van der Waals surface area contributed by atoms with E-state index in [1.807, 2.05) is 0 Å². The first kappa shape index (κ1) is 30.2. The number of nitrogens with zero attached hydrogens (tertiary/aromatic N) is 3. The molecule has 39 heavy (non-hydrogen) atoms. The number of carbonyl (C=O) groups excluding carboxylic acids is 1. The predicted octanol–water partition coefficient (Wildman–Crippen LogP) is 5.26. The minimum absolute atomic E-state index is 0.0377. The van der Waals surface area contributed by atoms with Crippen LogP contribution >= 0.6 is 0 Å². The number of alkyl halides is 3. The van der Waals surface area contributed by atoms with Gasteiger partial charge in [0.2, 0.25) is 5.91 Å². The van der Waals surface area contributed by atoms with Gasteiger partial charge in [-0.05, 0) is 64.9 Å². The molecule has 0 fully saturated rings. The van der Waals surface area contributed by atoms with Crippen LogP contribution in [0.15, 0.2) is 35.3 Å². The minimum Gasteiger partial charge on any atom is -0.492 e. The number of aromatic nitrogens is 2. The number of benzene rings is 1. The van der Waals surface area contributed by atoms with Crippen LogP contribution in [-0.2, 0) is 17.5 Å². The number of hydrogen-bond acceptors (Lipinski definition) is 4. The number of ether oxygens (including phenoxy) is 1. The third-order valence-corrected chi connectivity index (χ3v) is 6.40. The summed E-state index contributed by atoms with van der Waals surface area (Å²) < 4.78 is 63.1. The van der Waals surface area contributed by atoms with E-state index in [0.717, 1.165) is 37.0 Å². The Morgan fingerprint density at radius 2 is 1.87 bits per heavy atom. The van der Waals surface area contributed by atoms with E-state index in [-0.39, 0.29) is 22.8 Å². The van der Waals surface area contributed by atoms with Crippen molar-refractivity contribution in [3.8, 4) is 17.0 Å². The monoisotopic (exact) mass is 552 g/mol. The van der Waals surface area contributed by atoms with E-state index in [2.05, 4.69) is 24.1 Å². The molecule has 1 aromatic carbocycles. The molecule has 1 amide bonds. The number of carbonyl (C=O) groups is 1. The van der Waals surface area contributed by atoms with Gasteiger partial charge in [-0.3, -0.25) is 14.2 Å². The average Bonchev–Trinajstić information content (AvgIpc) is 3.29. The minimum atomic E-state index is -4.93. The molecule has 2 aromatic heterocycles. The van der Waals surface area contributed by atoms with Crippen molar-refractivity contribution in [3.63, 3.8) is 0 Å². The van der Waals surface area contributed by atoms with Crippen LogP contribution < -0.4 is 15.6 Å². The molecular weight excluding hydrogens is 516 g/mol. The second-order valence-electron chi connectivity index (χ2n) is 9.81. The summed E-state index contributed by atoms with van der Waals surface area (Å²) in [5, 5.41) is 2.70. The van der Waals surface area contributed by atoms with Gasteiger partial charge in [0, 0.05) is 29.9 Å². The normalized spacial score (nSPS) is 12.1. The van der Waals surface area contributed by atoms with E-state index < -0.39 is 35.6 Å². The van der Waals surface area contributed by atoms with Gasteiger partial charge < -0.3 is 19.4 Å². The Bertz CT molecular complexity index is 1360. The highest BCUT2D eigenvalue weighted by Crippen LogP contribution is 2.35. The maximum atomic E-state index is 14.1. The molecule has 0 atom stereocenters. The van der Waals surface area contributed by atoms with Gasteiger partial charge in [0.15, 0.2) is 0 Å². The molecule has 0 unspecified atom stereocenters. The van der Waals surface area contributed by atoms with Gasteiger partial charge in [-0.2, -0.15) is 13.2 Å². The summed E-state index contributed by atoms with van der Waals surface area (Å²) in [6.45, 7) is 12.2. The predicted molar refractivity (Wildman–Crippen MR) is 143 cm³/mol. The molecule has 3 rings (SSSR count). The highest BCUT2D eigenvalue weighted by atomic mass is 19.4. The molecule has 7 nitrogen and oxygen atoms in total. The van der Waals surface area contributed by atoms with Gasteiger partial charge in [-0.25, -0.2) is 4.39 Å². The van der Waals surface area contributed by atoms with Crippen LogP contribution in [0.5, 0.6) is 5.75 Å². The molecule has 11 heteroatoms. The first-order valence-corrected chi connectivity index (χ1v) is 13.1. The molecule has 214 valence electrons. The zero-order chi connectivity index (χ0) is 28.9. The Kier molecular flexibility index (Phi) is 9.82. The second kappa shape index (κ2) is 12.7. The lowest BCUT2D eigenvalue weighted by molar-refractivity contribution is -0.140. The first-order chi connectivity index (χ1) is 18.4. The van der Waals surface area contributed by atoms with Gasteiger partial charge in [-0.1, -0.05) is 13.8 Å². The molecule has 0 bridgehead atoms. The molecule has 0 radical (unpaired) electrons. The Morgan fingerprint density at radius 3 is 2.49 bits per heavy atom. The number of amides is 1. The average molecular weight is 553 g/mol. The Morgan fingerprint density at radius 1 is 1.15 bits per heavy atom. The molecule has 3 aromatic rings. The summed E-state index contributed by atoms with van der Waals surface area (Å²) >= 11 is 0. The van der Waals surface area contributed by atoms with E-state index in [9.17, 15) is 27.2 Å². The SMILES string of the molecule is CCCN(CC)CCCOc1cc2c(=O)n(CC(=O)NC(C)C)c(-c3ccc(F)c(C(F)(F)F)c3)c(C)n2c1. The highest BCUT2D eigenvalue weighted by Gasteiger charge is 2.35. The molecule has 0 saturated carbocycles. The number of aryl methyl sites for hydroxylation is 1. The van der Waals surface area contributed by atoms with Crippen molar-refractivity contribution in [2.24, 2.45) is 0 Å². The number of fused-ring (bicyclic) bond motifs is 1. The largest absolute Gasteiger partial charge is 0.492 e. The molecule has 0 saturated heterocycles. The second-order valence-corrected chi connectivity index (χ2v) is 9.81. The topological polar surface area (TPSA) is 68.0 Å². The lowest BCUT2D eigenvalue weighted by atomic mass is 10.0. The zero-order valence-corrected chi connectivity index (χ0v) is 23.0. The quantitative estimate of drug-likeness (QED) is 0.246. The van der Waals surface area contributed by atoms with E-state index in [1.165, 1.54) is 10.5 Å². The summed E-state index contributed by atoms with van der Waals surface area (Å²) in [7, 11) is 0. The van der Waals surface area contributed by atoms with Crippen LogP contribution in [0.1, 0.15) is 51.8 Å². The summed E-state index contributed by atoms with van der Waals surface area (Å²) in [5.41, 5.74) is -1.38. The lowest BCUT2D eigenvalue weighted by Gasteiger charge is -2.19. The molecular formula is C28H36F4N4O3. The third-order valence-electron chi connectivity index (χ3n) is 6.40. The van der Waals surface area contributed by atoms with Gasteiger partial charge in [0.25, 0.3) is 5.56 Å². The lowest BCUT2D eigenvalue weighted by Crippen LogP contribution is -2.37. The Balaban J connectivity index is 2.06. The van der Waals surface area contributed by atoms with Crippen LogP contribution in [0.3, 0.4) is 0 Å². The number of hydrogen-bond donors (Lipinski definition) is 1. The maximum Gasteiger partial charge on any atom is 0.419 e. The van der Waals surface area contributed by atoms with Crippen molar-refractivity contribution in [1.82, 2.24) is 19.2 Å². The van der Waals surface area contributed by atoms with Crippen LogP contribution in [0.2, 0.25) is 0 Å². The molecule has 0 aliphatic carbocycles. The summed E-state index contributed by atoms with van der Waals surface area (Å²) in [6.07, 6.45) is -1.50. The van der Waals surface area contributed by atoms with Gasteiger partial charge in [-0.15, -0.1) is 0 Å². The summed E-state index contributed by atoms with van der Waals surface area (Å²) in [6, 6.07) is 3.90. The zero-order valence-electron chi connectivity index (χ0n) is 23.0. The highest BCUT2D eigenvalue weighted by molar-refractivity contribution is 5.78. The Hall–Kier alpha value is -3.34. The van der Waals surface area contributed by atoms with E-state index >= 15 is 0 Å². The molecule has 0 aliphatic heterocycles. The van der Waals surface area contributed by atoms with Crippen LogP contribution in [0, 0.1) is 12.7 Å². The van der Waals surface area contributed by atoms with Crippen LogP contribution in [-0.4, -0.2) is 52.1 Å². The smallest absolute Gasteiger partial charge is 0.419 e. The molecule has 0 aliphatic rings. The Labute approximate surface area is 225 Å². The van der Waals surface area contributed by atoms with Gasteiger partial charge in [0.1, 0.15) is 23.6 Å². The van der Waals surface area contributed by atoms with E-state index in [4.69, 9.17) is 4.74 Å². The first-order valence-electron chi connectivity index (χ1n) is 13.1. The molecule has 1 N–H and O–H groups in total. The fourth-order valence-corrected chi connectivity index (χ4v) is 4.65. The van der Waals surface area contributed by atoms with Gasteiger partial charge >= 0.3 is 6.18 Å².